The van der Waals surface area contributed by atoms with Crippen LogP contribution in [0.25, 0.3) is 0 Å². The number of nitrogens with zero attached hydrogens (tertiary/aromatic N) is 3. The number of benzene rings is 2. The highest BCUT2D eigenvalue weighted by Crippen LogP contribution is 2.45. The van der Waals surface area contributed by atoms with Crippen LogP contribution in [-0.2, 0) is 4.79 Å². The lowest BCUT2D eigenvalue weighted by Crippen LogP contribution is -2.40. The van der Waals surface area contributed by atoms with Gasteiger partial charge >= 0.3 is 0 Å². The molecule has 0 saturated heterocycles. The number of rotatable bonds is 2. The first-order valence-corrected chi connectivity index (χ1v) is 9.72. The maximum Gasteiger partial charge on any atom is 0.226 e. The van der Waals surface area contributed by atoms with Crippen LogP contribution >= 0.6 is 11.6 Å². The Hall–Kier alpha value is -2.92. The van der Waals surface area contributed by atoms with Crippen molar-refractivity contribution in [3.63, 3.8) is 0 Å². The van der Waals surface area contributed by atoms with E-state index in [0.29, 0.717) is 17.4 Å². The fourth-order valence-corrected chi connectivity index (χ4v) is 4.65. The first-order chi connectivity index (χ1) is 13.6. The summed E-state index contributed by atoms with van der Waals surface area (Å²) in [4.78, 5) is 17.7. The van der Waals surface area contributed by atoms with E-state index in [1.54, 1.807) is 4.68 Å². The normalized spacial score (nSPS) is 23.4. The number of hydrogen-bond donors (Lipinski definition) is 1. The summed E-state index contributed by atoms with van der Waals surface area (Å²) in [5, 5.41) is 8.34. The molecule has 5 rings (SSSR count). The van der Waals surface area contributed by atoms with Crippen molar-refractivity contribution in [2.75, 3.05) is 5.32 Å². The summed E-state index contributed by atoms with van der Waals surface area (Å²) in [6.07, 6.45) is 4.15. The van der Waals surface area contributed by atoms with Crippen LogP contribution in [0.5, 0.6) is 0 Å². The molecule has 5 nitrogen and oxygen atoms in total. The van der Waals surface area contributed by atoms with Crippen LogP contribution in [0.3, 0.4) is 0 Å². The summed E-state index contributed by atoms with van der Waals surface area (Å²) in [5.74, 6) is 0.512. The minimum Gasteiger partial charge on any atom is -0.328 e. The van der Waals surface area contributed by atoms with E-state index in [4.69, 9.17) is 11.6 Å². The number of allylic oxidation sites excluding steroid dienone is 2. The predicted octanol–water partition coefficient (Wildman–Crippen LogP) is 4.51. The Labute approximate surface area is 168 Å². The molecular formula is C22H19ClN4O. The molecule has 1 aliphatic carbocycles. The van der Waals surface area contributed by atoms with Gasteiger partial charge in [0, 0.05) is 23.1 Å². The second-order valence-corrected chi connectivity index (χ2v) is 7.76. The van der Waals surface area contributed by atoms with Gasteiger partial charge in [-0.05, 0) is 29.7 Å². The van der Waals surface area contributed by atoms with Gasteiger partial charge < -0.3 is 5.32 Å². The first-order valence-electron chi connectivity index (χ1n) is 9.34. The lowest BCUT2D eigenvalue weighted by atomic mass is 9.75. The number of carbonyl (C=O) groups is 1. The standard InChI is InChI=1S/C22H19ClN4O/c1-13-6-2-3-7-15(13)14-10-18-20(19(28)11-14)21(16-8-4-5-9-17(16)23)27-22(26-18)24-12-25-27/h2-10,12,14,20-21H,11H2,1H3,(H,24,25,26)/t14-,20+,21+/m0/s1. The molecule has 2 aliphatic rings. The summed E-state index contributed by atoms with van der Waals surface area (Å²) in [5.41, 5.74) is 4.15. The lowest BCUT2D eigenvalue weighted by molar-refractivity contribution is -0.123. The van der Waals surface area contributed by atoms with Gasteiger partial charge in [0.2, 0.25) is 5.95 Å². The molecule has 0 unspecified atom stereocenters. The SMILES string of the molecule is Cc1ccccc1[C@H]1C=C2Nc3ncnn3[C@H](c3ccccc3Cl)[C@H]2C(=O)C1. The number of aryl methyl sites for hydroxylation is 1. The zero-order valence-electron chi connectivity index (χ0n) is 15.3. The van der Waals surface area contributed by atoms with Gasteiger partial charge in [0.05, 0.1) is 12.0 Å². The Balaban J connectivity index is 1.65. The van der Waals surface area contributed by atoms with Crippen LogP contribution in [-0.4, -0.2) is 20.5 Å². The molecule has 3 aromatic rings. The molecule has 6 heteroatoms. The minimum atomic E-state index is -0.352. The molecule has 0 saturated carbocycles. The van der Waals surface area contributed by atoms with Crippen LogP contribution < -0.4 is 5.32 Å². The molecule has 1 N–H and O–H groups in total. The highest BCUT2D eigenvalue weighted by Gasteiger charge is 2.43. The van der Waals surface area contributed by atoms with Crippen molar-refractivity contribution >= 4 is 23.3 Å². The van der Waals surface area contributed by atoms with E-state index in [1.165, 1.54) is 17.5 Å². The fourth-order valence-electron chi connectivity index (χ4n) is 4.40. The zero-order chi connectivity index (χ0) is 19.3. The molecule has 1 aromatic heterocycles. The second-order valence-electron chi connectivity index (χ2n) is 7.35. The smallest absolute Gasteiger partial charge is 0.226 e. The van der Waals surface area contributed by atoms with Crippen molar-refractivity contribution in [2.24, 2.45) is 5.92 Å². The number of ketones is 1. The summed E-state index contributed by atoms with van der Waals surface area (Å²) in [6.45, 7) is 2.09. The topological polar surface area (TPSA) is 59.8 Å². The number of carbonyl (C=O) groups excluding carboxylic acids is 1. The molecule has 0 radical (unpaired) electrons. The molecule has 0 bridgehead atoms. The van der Waals surface area contributed by atoms with Gasteiger partial charge in [-0.2, -0.15) is 10.1 Å². The average Bonchev–Trinajstić information content (AvgIpc) is 3.15. The molecule has 28 heavy (non-hydrogen) atoms. The van der Waals surface area contributed by atoms with Gasteiger partial charge in [0.1, 0.15) is 12.1 Å². The van der Waals surface area contributed by atoms with Crippen molar-refractivity contribution in [3.05, 3.63) is 88.3 Å². The highest BCUT2D eigenvalue weighted by atomic mass is 35.5. The second kappa shape index (κ2) is 6.60. The van der Waals surface area contributed by atoms with Crippen molar-refractivity contribution in [2.45, 2.75) is 25.3 Å². The van der Waals surface area contributed by atoms with Crippen LogP contribution in [0.15, 0.2) is 66.6 Å². The van der Waals surface area contributed by atoms with Gasteiger partial charge in [-0.1, -0.05) is 60.1 Å². The third-order valence-corrected chi connectivity index (χ3v) is 6.05. The third-order valence-electron chi connectivity index (χ3n) is 5.70. The molecule has 0 spiro atoms. The monoisotopic (exact) mass is 390 g/mol. The van der Waals surface area contributed by atoms with E-state index in [2.05, 4.69) is 40.5 Å². The number of aromatic nitrogens is 3. The Morgan fingerprint density at radius 1 is 1.11 bits per heavy atom. The van der Waals surface area contributed by atoms with Crippen molar-refractivity contribution in [3.8, 4) is 0 Å². The highest BCUT2D eigenvalue weighted by molar-refractivity contribution is 6.31. The lowest BCUT2D eigenvalue weighted by Gasteiger charge is -2.38. The maximum atomic E-state index is 13.4. The molecule has 2 aromatic carbocycles. The number of nitrogens with one attached hydrogen (secondary N) is 1. The Morgan fingerprint density at radius 3 is 2.64 bits per heavy atom. The Kier molecular flexibility index (Phi) is 4.05. The average molecular weight is 391 g/mol. The fraction of sp³-hybridized carbons (Fsp3) is 0.227. The number of fused-ring (bicyclic) bond motifs is 2. The van der Waals surface area contributed by atoms with Crippen LogP contribution in [0.4, 0.5) is 5.95 Å². The van der Waals surface area contributed by atoms with Gasteiger partial charge in [-0.15, -0.1) is 0 Å². The van der Waals surface area contributed by atoms with Crippen molar-refractivity contribution < 1.29 is 4.79 Å². The van der Waals surface area contributed by atoms with E-state index in [0.717, 1.165) is 11.3 Å². The molecule has 0 amide bonds. The molecule has 0 fully saturated rings. The van der Waals surface area contributed by atoms with E-state index in [-0.39, 0.29) is 23.7 Å². The molecule has 2 heterocycles. The maximum absolute atomic E-state index is 13.4. The molecule has 3 atom stereocenters. The Morgan fingerprint density at radius 2 is 1.86 bits per heavy atom. The number of anilines is 1. The summed E-state index contributed by atoms with van der Waals surface area (Å²) in [6, 6.07) is 15.6. The number of halogens is 1. The largest absolute Gasteiger partial charge is 0.328 e. The number of hydrogen-bond acceptors (Lipinski definition) is 4. The van der Waals surface area contributed by atoms with Gasteiger partial charge in [-0.3, -0.25) is 4.79 Å². The van der Waals surface area contributed by atoms with E-state index >= 15 is 0 Å². The molecular weight excluding hydrogens is 372 g/mol. The summed E-state index contributed by atoms with van der Waals surface area (Å²) < 4.78 is 1.77. The quantitative estimate of drug-likeness (QED) is 0.699. The van der Waals surface area contributed by atoms with Gasteiger partial charge in [-0.25, -0.2) is 4.68 Å². The third kappa shape index (κ3) is 2.66. The molecule has 1 aliphatic heterocycles. The Bertz CT molecular complexity index is 1100. The van der Waals surface area contributed by atoms with Gasteiger partial charge in [0.25, 0.3) is 0 Å². The van der Waals surface area contributed by atoms with Crippen molar-refractivity contribution in [1.29, 1.82) is 0 Å². The van der Waals surface area contributed by atoms with Gasteiger partial charge in [0.15, 0.2) is 0 Å². The van der Waals surface area contributed by atoms with Crippen molar-refractivity contribution in [1.82, 2.24) is 14.8 Å². The first kappa shape index (κ1) is 17.2. The summed E-state index contributed by atoms with van der Waals surface area (Å²) >= 11 is 6.50. The molecule has 140 valence electrons. The number of Topliss-reactive ketones (excluding diaryl/α,β-unsaturated/α-hetero) is 1. The van der Waals surface area contributed by atoms with Crippen LogP contribution in [0, 0.1) is 12.8 Å². The summed E-state index contributed by atoms with van der Waals surface area (Å²) in [7, 11) is 0. The van der Waals surface area contributed by atoms with E-state index in [1.807, 2.05) is 36.4 Å². The zero-order valence-corrected chi connectivity index (χ0v) is 16.1. The minimum absolute atomic E-state index is 0.0498. The van der Waals surface area contributed by atoms with Crippen LogP contribution in [0.2, 0.25) is 5.02 Å². The van der Waals surface area contributed by atoms with Crippen LogP contribution in [0.1, 0.15) is 35.1 Å². The van der Waals surface area contributed by atoms with E-state index in [9.17, 15) is 4.79 Å². The predicted molar refractivity (Wildman–Crippen MR) is 108 cm³/mol. The van der Waals surface area contributed by atoms with E-state index < -0.39 is 0 Å².